The molecule has 0 spiro atoms. The summed E-state index contributed by atoms with van der Waals surface area (Å²) in [7, 11) is 1.65. The number of rotatable bonds is 6. The zero-order valence-corrected chi connectivity index (χ0v) is 20.8. The van der Waals surface area contributed by atoms with E-state index in [0.717, 1.165) is 22.6 Å². The van der Waals surface area contributed by atoms with Crippen molar-refractivity contribution in [3.63, 3.8) is 0 Å². The molecule has 1 aromatic heterocycles. The predicted octanol–water partition coefficient (Wildman–Crippen LogP) is 3.64. The van der Waals surface area contributed by atoms with Gasteiger partial charge in [-0.15, -0.1) is 0 Å². The zero-order valence-electron chi connectivity index (χ0n) is 20.8. The Labute approximate surface area is 211 Å². The van der Waals surface area contributed by atoms with Crippen LogP contribution in [0.25, 0.3) is 0 Å². The van der Waals surface area contributed by atoms with Gasteiger partial charge in [-0.25, -0.2) is 4.98 Å². The van der Waals surface area contributed by atoms with Gasteiger partial charge >= 0.3 is 0 Å². The summed E-state index contributed by atoms with van der Waals surface area (Å²) >= 11 is 0. The molecule has 0 radical (unpaired) electrons. The minimum absolute atomic E-state index is 0.0556. The number of hydrogen-bond acceptors (Lipinski definition) is 5. The highest BCUT2D eigenvalue weighted by Gasteiger charge is 2.32. The Bertz CT molecular complexity index is 1210. The van der Waals surface area contributed by atoms with Gasteiger partial charge in [0, 0.05) is 25.6 Å². The number of benzene rings is 2. The van der Waals surface area contributed by atoms with Gasteiger partial charge in [-0.2, -0.15) is 0 Å². The lowest BCUT2D eigenvalue weighted by Gasteiger charge is -2.31. The molecule has 2 aliphatic heterocycles. The minimum atomic E-state index is -0.102. The number of methoxy groups -OCH3 is 1. The van der Waals surface area contributed by atoms with Gasteiger partial charge in [-0.1, -0.05) is 42.0 Å². The molecule has 1 fully saturated rings. The number of amides is 2. The van der Waals surface area contributed by atoms with Crippen molar-refractivity contribution in [1.29, 1.82) is 0 Å². The van der Waals surface area contributed by atoms with Gasteiger partial charge in [-0.05, 0) is 43.0 Å². The molecule has 2 aliphatic rings. The van der Waals surface area contributed by atoms with E-state index >= 15 is 0 Å². The first-order valence-corrected chi connectivity index (χ1v) is 12.4. The molecule has 36 heavy (non-hydrogen) atoms. The van der Waals surface area contributed by atoms with Crippen molar-refractivity contribution >= 4 is 11.8 Å². The van der Waals surface area contributed by atoms with Crippen LogP contribution in [-0.4, -0.2) is 46.5 Å². The number of hydrogen-bond donors (Lipinski definition) is 1. The fourth-order valence-corrected chi connectivity index (χ4v) is 4.86. The minimum Gasteiger partial charge on any atom is -0.497 e. The summed E-state index contributed by atoms with van der Waals surface area (Å²) in [6.07, 6.45) is 2.93. The number of nitrogens with one attached hydrogen (secondary N) is 1. The molecule has 1 atom stereocenters. The number of imidazole rings is 1. The van der Waals surface area contributed by atoms with Crippen LogP contribution < -0.4 is 10.1 Å². The number of carbonyl (C=O) groups excluding carboxylic acids is 2. The molecule has 188 valence electrons. The summed E-state index contributed by atoms with van der Waals surface area (Å²) in [6.45, 7) is 4.59. The smallest absolute Gasteiger partial charge is 0.274 e. The second-order valence-corrected chi connectivity index (χ2v) is 9.53. The predicted molar refractivity (Wildman–Crippen MR) is 134 cm³/mol. The normalized spacial score (nSPS) is 17.9. The Kier molecular flexibility index (Phi) is 7.04. The molecular formula is C28H32N4O4. The molecule has 5 rings (SSSR count). The summed E-state index contributed by atoms with van der Waals surface area (Å²) in [5, 5.41) is 3.04. The van der Waals surface area contributed by atoms with Crippen LogP contribution in [0, 0.1) is 12.8 Å². The maximum absolute atomic E-state index is 13.2. The maximum atomic E-state index is 13.2. The average molecular weight is 489 g/mol. The average Bonchev–Trinajstić information content (AvgIpc) is 3.35. The Morgan fingerprint density at radius 2 is 1.81 bits per heavy atom. The van der Waals surface area contributed by atoms with Crippen molar-refractivity contribution in [2.45, 2.75) is 45.6 Å². The standard InChI is InChI=1S/C28H32N4O4/c1-19-3-5-20(6-4-19)15-29-27(33)22-11-13-31(14-12-22)28(34)26-24-17-36-25(16-32(24)18-30-26)21-7-9-23(35-2)10-8-21/h3-10,18,22,25H,11-17H2,1-2H3,(H,29,33)/t25-/m0/s1. The number of carbonyl (C=O) groups is 2. The van der Waals surface area contributed by atoms with Crippen LogP contribution in [0.4, 0.5) is 0 Å². The Morgan fingerprint density at radius 1 is 1.08 bits per heavy atom. The lowest BCUT2D eigenvalue weighted by Crippen LogP contribution is -2.43. The number of aromatic nitrogens is 2. The van der Waals surface area contributed by atoms with Crippen LogP contribution in [0.15, 0.2) is 54.9 Å². The summed E-state index contributed by atoms with van der Waals surface area (Å²) in [6, 6.07) is 16.0. The van der Waals surface area contributed by atoms with E-state index in [0.29, 0.717) is 51.3 Å². The molecule has 8 heteroatoms. The van der Waals surface area contributed by atoms with Crippen LogP contribution >= 0.6 is 0 Å². The highest BCUT2D eigenvalue weighted by atomic mass is 16.5. The van der Waals surface area contributed by atoms with E-state index in [4.69, 9.17) is 9.47 Å². The number of piperidine rings is 1. The first-order valence-electron chi connectivity index (χ1n) is 12.4. The van der Waals surface area contributed by atoms with Crippen LogP contribution in [0.1, 0.15) is 51.8 Å². The Morgan fingerprint density at radius 3 is 2.50 bits per heavy atom. The molecule has 0 aliphatic carbocycles. The fraction of sp³-hybridized carbons (Fsp3) is 0.393. The van der Waals surface area contributed by atoms with Crippen LogP contribution in [0.3, 0.4) is 0 Å². The van der Waals surface area contributed by atoms with Crippen molar-refractivity contribution in [2.75, 3.05) is 20.2 Å². The van der Waals surface area contributed by atoms with E-state index in [1.54, 1.807) is 13.4 Å². The number of ether oxygens (including phenoxy) is 2. The highest BCUT2D eigenvalue weighted by molar-refractivity contribution is 5.93. The number of nitrogens with zero attached hydrogens (tertiary/aromatic N) is 3. The third kappa shape index (κ3) is 5.14. The van der Waals surface area contributed by atoms with Gasteiger partial charge in [0.25, 0.3) is 5.91 Å². The van der Waals surface area contributed by atoms with Gasteiger partial charge in [0.1, 0.15) is 11.9 Å². The van der Waals surface area contributed by atoms with E-state index in [1.165, 1.54) is 5.56 Å². The third-order valence-electron chi connectivity index (χ3n) is 7.16. The monoisotopic (exact) mass is 488 g/mol. The molecule has 3 aromatic rings. The molecule has 3 heterocycles. The highest BCUT2D eigenvalue weighted by Crippen LogP contribution is 2.30. The van der Waals surface area contributed by atoms with Crippen LogP contribution in [0.2, 0.25) is 0 Å². The first kappa shape index (κ1) is 24.1. The van der Waals surface area contributed by atoms with Crippen molar-refractivity contribution < 1.29 is 19.1 Å². The van der Waals surface area contributed by atoms with E-state index in [-0.39, 0.29) is 23.8 Å². The van der Waals surface area contributed by atoms with Crippen LogP contribution in [0.5, 0.6) is 5.75 Å². The summed E-state index contributed by atoms with van der Waals surface area (Å²) in [4.78, 5) is 32.2. The Hall–Kier alpha value is -3.65. The van der Waals surface area contributed by atoms with Crippen LogP contribution in [-0.2, 0) is 29.2 Å². The van der Waals surface area contributed by atoms with E-state index in [1.807, 2.05) is 64.9 Å². The first-order chi connectivity index (χ1) is 17.5. The topological polar surface area (TPSA) is 85.7 Å². The largest absolute Gasteiger partial charge is 0.497 e. The van der Waals surface area contributed by atoms with Gasteiger partial charge in [0.05, 0.1) is 32.3 Å². The van der Waals surface area contributed by atoms with Crippen molar-refractivity contribution in [3.8, 4) is 5.75 Å². The second kappa shape index (κ2) is 10.5. The molecule has 2 amide bonds. The number of aryl methyl sites for hydroxylation is 1. The van der Waals surface area contributed by atoms with E-state index in [9.17, 15) is 9.59 Å². The van der Waals surface area contributed by atoms with Gasteiger partial charge in [-0.3, -0.25) is 9.59 Å². The Balaban J connectivity index is 1.15. The van der Waals surface area contributed by atoms with E-state index < -0.39 is 0 Å². The molecular weight excluding hydrogens is 456 g/mol. The quantitative estimate of drug-likeness (QED) is 0.573. The fourth-order valence-electron chi connectivity index (χ4n) is 4.86. The van der Waals surface area contributed by atoms with Gasteiger partial charge in [0.2, 0.25) is 5.91 Å². The molecule has 2 aromatic carbocycles. The second-order valence-electron chi connectivity index (χ2n) is 9.53. The van der Waals surface area contributed by atoms with Crippen molar-refractivity contribution in [3.05, 3.63) is 82.9 Å². The lowest BCUT2D eigenvalue weighted by molar-refractivity contribution is -0.126. The van der Waals surface area contributed by atoms with Gasteiger partial charge in [0.15, 0.2) is 5.69 Å². The zero-order chi connectivity index (χ0) is 25.1. The molecule has 8 nitrogen and oxygen atoms in total. The summed E-state index contributed by atoms with van der Waals surface area (Å²) in [5.74, 6) is 0.691. The van der Waals surface area contributed by atoms with Crippen molar-refractivity contribution in [2.24, 2.45) is 5.92 Å². The lowest BCUT2D eigenvalue weighted by atomic mass is 9.95. The van der Waals surface area contributed by atoms with Gasteiger partial charge < -0.3 is 24.3 Å². The van der Waals surface area contributed by atoms with Crippen molar-refractivity contribution in [1.82, 2.24) is 19.8 Å². The number of likely N-dealkylation sites (tertiary alicyclic amines) is 1. The number of fused-ring (bicyclic) bond motifs is 1. The summed E-state index contributed by atoms with van der Waals surface area (Å²) < 4.78 is 13.3. The third-order valence-corrected chi connectivity index (χ3v) is 7.16. The molecule has 0 saturated carbocycles. The molecule has 0 bridgehead atoms. The van der Waals surface area contributed by atoms with E-state index in [2.05, 4.69) is 10.3 Å². The molecule has 1 saturated heterocycles. The summed E-state index contributed by atoms with van der Waals surface area (Å²) in [5.41, 5.74) is 4.60. The maximum Gasteiger partial charge on any atom is 0.274 e. The SMILES string of the molecule is COc1ccc([C@@H]2Cn3cnc(C(=O)N4CCC(C(=O)NCc5ccc(C)cc5)CC4)c3CO2)cc1. The molecule has 1 N–H and O–H groups in total. The molecule has 0 unspecified atom stereocenters.